The molecule has 1 N–H and O–H groups in total. The van der Waals surface area contributed by atoms with Crippen molar-refractivity contribution >= 4 is 29.6 Å². The zero-order valence-electron chi connectivity index (χ0n) is 11.0. The van der Waals surface area contributed by atoms with E-state index in [0.717, 1.165) is 18.4 Å². The first-order chi connectivity index (χ1) is 9.56. The Balaban J connectivity index is 2.02. The van der Waals surface area contributed by atoms with Crippen molar-refractivity contribution in [3.05, 3.63) is 40.9 Å². The van der Waals surface area contributed by atoms with Crippen LogP contribution in [0.25, 0.3) is 6.08 Å². The summed E-state index contributed by atoms with van der Waals surface area (Å²) in [6.45, 7) is 0.622. The highest BCUT2D eigenvalue weighted by Gasteiger charge is 2.28. The first-order valence-corrected chi connectivity index (χ1v) is 6.90. The van der Waals surface area contributed by atoms with Crippen LogP contribution in [0.3, 0.4) is 0 Å². The lowest BCUT2D eigenvalue weighted by Crippen LogP contribution is -2.35. The maximum atomic E-state index is 12.1. The van der Waals surface area contributed by atoms with Crippen LogP contribution >= 0.6 is 11.6 Å². The van der Waals surface area contributed by atoms with Crippen LogP contribution in [0.5, 0.6) is 0 Å². The minimum Gasteiger partial charge on any atom is -0.481 e. The lowest BCUT2D eigenvalue weighted by molar-refractivity contribution is -0.139. The summed E-state index contributed by atoms with van der Waals surface area (Å²) in [5.74, 6) is -1.01. The van der Waals surface area contributed by atoms with E-state index in [4.69, 9.17) is 16.7 Å². The van der Waals surface area contributed by atoms with Crippen molar-refractivity contribution in [1.29, 1.82) is 0 Å². The van der Waals surface area contributed by atoms with Crippen molar-refractivity contribution < 1.29 is 14.7 Å². The Labute approximate surface area is 122 Å². The first-order valence-electron chi connectivity index (χ1n) is 6.52. The average Bonchev–Trinajstić information content (AvgIpc) is 2.83. The van der Waals surface area contributed by atoms with E-state index >= 15 is 0 Å². The van der Waals surface area contributed by atoms with Gasteiger partial charge >= 0.3 is 5.97 Å². The molecule has 0 radical (unpaired) electrons. The summed E-state index contributed by atoms with van der Waals surface area (Å²) in [4.78, 5) is 24.5. The molecule has 1 unspecified atom stereocenters. The molecule has 0 bridgehead atoms. The van der Waals surface area contributed by atoms with Crippen LogP contribution in [-0.2, 0) is 9.59 Å². The number of benzene rings is 1. The highest BCUT2D eigenvalue weighted by Crippen LogP contribution is 2.21. The van der Waals surface area contributed by atoms with Gasteiger partial charge in [-0.3, -0.25) is 9.59 Å². The number of aliphatic carboxylic acids is 1. The molecule has 1 saturated heterocycles. The van der Waals surface area contributed by atoms with Crippen LogP contribution in [0.4, 0.5) is 0 Å². The number of hydrogen-bond donors (Lipinski definition) is 1. The highest BCUT2D eigenvalue weighted by molar-refractivity contribution is 6.30. The maximum Gasteiger partial charge on any atom is 0.305 e. The second-order valence-electron chi connectivity index (χ2n) is 4.81. The van der Waals surface area contributed by atoms with E-state index in [1.54, 1.807) is 23.1 Å². The molecular formula is C15H16ClNO3. The van der Waals surface area contributed by atoms with Gasteiger partial charge in [0.15, 0.2) is 0 Å². The summed E-state index contributed by atoms with van der Waals surface area (Å²) in [5.41, 5.74) is 0.847. The average molecular weight is 294 g/mol. The van der Waals surface area contributed by atoms with Gasteiger partial charge in [-0.25, -0.2) is 0 Å². The molecule has 0 aromatic heterocycles. The Kier molecular flexibility index (Phi) is 4.79. The molecule has 0 saturated carbocycles. The van der Waals surface area contributed by atoms with E-state index < -0.39 is 5.97 Å². The number of amides is 1. The van der Waals surface area contributed by atoms with E-state index in [9.17, 15) is 9.59 Å². The van der Waals surface area contributed by atoms with E-state index in [0.29, 0.717) is 11.6 Å². The number of carbonyl (C=O) groups excluding carboxylic acids is 1. The number of hydrogen-bond acceptors (Lipinski definition) is 2. The lowest BCUT2D eigenvalue weighted by atomic mass is 10.1. The minimum atomic E-state index is -0.867. The Hall–Kier alpha value is -1.81. The van der Waals surface area contributed by atoms with Gasteiger partial charge in [-0.1, -0.05) is 23.7 Å². The Bertz CT molecular complexity index is 542. The van der Waals surface area contributed by atoms with Gasteiger partial charge in [0.1, 0.15) is 0 Å². The number of carboxylic acids is 1. The number of carboxylic acid groups (broad SMARTS) is 1. The zero-order valence-corrected chi connectivity index (χ0v) is 11.7. The molecular weight excluding hydrogens is 278 g/mol. The normalized spacial score (nSPS) is 18.6. The summed E-state index contributed by atoms with van der Waals surface area (Å²) in [6.07, 6.45) is 4.80. The Morgan fingerprint density at radius 1 is 1.45 bits per heavy atom. The molecule has 1 aromatic carbocycles. The molecule has 1 heterocycles. The summed E-state index contributed by atoms with van der Waals surface area (Å²) in [6, 6.07) is 7.02. The molecule has 1 aromatic rings. The van der Waals surface area contributed by atoms with Gasteiger partial charge in [0.2, 0.25) is 5.91 Å². The third-order valence-electron chi connectivity index (χ3n) is 3.34. The van der Waals surface area contributed by atoms with Crippen LogP contribution in [0, 0.1) is 0 Å². The Morgan fingerprint density at radius 3 is 2.95 bits per heavy atom. The van der Waals surface area contributed by atoms with Crippen LogP contribution < -0.4 is 0 Å². The third kappa shape index (κ3) is 3.84. The van der Waals surface area contributed by atoms with Crippen molar-refractivity contribution in [1.82, 2.24) is 4.90 Å². The second kappa shape index (κ2) is 6.57. The van der Waals surface area contributed by atoms with Crippen LogP contribution in [0.2, 0.25) is 5.02 Å². The second-order valence-corrected chi connectivity index (χ2v) is 5.25. The molecule has 0 spiro atoms. The van der Waals surface area contributed by atoms with E-state index in [1.807, 2.05) is 12.1 Å². The predicted molar refractivity (Wildman–Crippen MR) is 77.5 cm³/mol. The van der Waals surface area contributed by atoms with Crippen molar-refractivity contribution in [2.75, 3.05) is 6.54 Å². The number of rotatable bonds is 4. The fourth-order valence-corrected chi connectivity index (χ4v) is 2.61. The van der Waals surface area contributed by atoms with Crippen LogP contribution in [0.1, 0.15) is 24.8 Å². The summed E-state index contributed by atoms with van der Waals surface area (Å²) < 4.78 is 0. The molecule has 1 atom stereocenters. The first kappa shape index (κ1) is 14.6. The number of halogens is 1. The van der Waals surface area contributed by atoms with Gasteiger partial charge in [-0.2, -0.15) is 0 Å². The van der Waals surface area contributed by atoms with E-state index in [1.165, 1.54) is 6.08 Å². The summed E-state index contributed by atoms with van der Waals surface area (Å²) in [5, 5.41) is 9.46. The molecule has 5 heteroatoms. The standard InChI is InChI=1S/C15H16ClNO3/c16-12-4-1-3-11(9-12)6-7-14(18)17-8-2-5-13(17)10-15(19)20/h1,3-4,6-7,9,13H,2,5,8,10H2,(H,19,20). The fourth-order valence-electron chi connectivity index (χ4n) is 2.41. The SMILES string of the molecule is O=C(O)CC1CCCN1C(=O)C=Cc1cccc(Cl)c1. The van der Waals surface area contributed by atoms with Crippen molar-refractivity contribution in [3.63, 3.8) is 0 Å². The molecule has 1 aliphatic rings. The number of carbonyl (C=O) groups is 2. The molecule has 1 amide bonds. The molecule has 0 aliphatic carbocycles. The molecule has 2 rings (SSSR count). The largest absolute Gasteiger partial charge is 0.481 e. The molecule has 106 valence electrons. The smallest absolute Gasteiger partial charge is 0.305 e. The summed E-state index contributed by atoms with van der Waals surface area (Å²) >= 11 is 5.87. The van der Waals surface area contributed by atoms with Crippen LogP contribution in [0.15, 0.2) is 30.3 Å². The van der Waals surface area contributed by atoms with Crippen molar-refractivity contribution in [2.45, 2.75) is 25.3 Å². The highest BCUT2D eigenvalue weighted by atomic mass is 35.5. The quantitative estimate of drug-likeness (QED) is 0.869. The number of likely N-dealkylation sites (tertiary alicyclic amines) is 1. The lowest BCUT2D eigenvalue weighted by Gasteiger charge is -2.21. The summed E-state index contributed by atoms with van der Waals surface area (Å²) in [7, 11) is 0. The molecule has 1 fully saturated rings. The van der Waals surface area contributed by atoms with Crippen LogP contribution in [-0.4, -0.2) is 34.5 Å². The van der Waals surface area contributed by atoms with Gasteiger partial charge < -0.3 is 10.0 Å². The molecule has 4 nitrogen and oxygen atoms in total. The monoisotopic (exact) mass is 293 g/mol. The van der Waals surface area contributed by atoms with Gasteiger partial charge in [-0.15, -0.1) is 0 Å². The van der Waals surface area contributed by atoms with Gasteiger partial charge in [-0.05, 0) is 36.6 Å². The van der Waals surface area contributed by atoms with E-state index in [-0.39, 0.29) is 18.4 Å². The minimum absolute atomic E-state index is 0.0107. The topological polar surface area (TPSA) is 57.6 Å². The zero-order chi connectivity index (χ0) is 14.5. The van der Waals surface area contributed by atoms with Gasteiger partial charge in [0, 0.05) is 23.7 Å². The predicted octanol–water partition coefficient (Wildman–Crippen LogP) is 2.82. The maximum absolute atomic E-state index is 12.1. The van der Waals surface area contributed by atoms with Gasteiger partial charge in [0.25, 0.3) is 0 Å². The van der Waals surface area contributed by atoms with Crippen molar-refractivity contribution in [3.8, 4) is 0 Å². The molecule has 1 aliphatic heterocycles. The Morgan fingerprint density at radius 2 is 2.25 bits per heavy atom. The fraction of sp³-hybridized carbons (Fsp3) is 0.333. The molecule has 20 heavy (non-hydrogen) atoms. The van der Waals surface area contributed by atoms with Gasteiger partial charge in [0.05, 0.1) is 6.42 Å². The third-order valence-corrected chi connectivity index (χ3v) is 3.57. The van der Waals surface area contributed by atoms with Crippen molar-refractivity contribution in [2.24, 2.45) is 0 Å². The van der Waals surface area contributed by atoms with E-state index in [2.05, 4.69) is 0 Å². The number of nitrogens with zero attached hydrogens (tertiary/aromatic N) is 1.